The monoisotopic (exact) mass is 339 g/mol. The second-order valence-corrected chi connectivity index (χ2v) is 7.65. The van der Waals surface area contributed by atoms with Crippen LogP contribution >= 0.6 is 11.3 Å². The van der Waals surface area contributed by atoms with Crippen LogP contribution < -0.4 is 11.1 Å². The first-order chi connectivity index (χ1) is 11.4. The van der Waals surface area contributed by atoms with Crippen molar-refractivity contribution in [2.75, 3.05) is 5.32 Å². The van der Waals surface area contributed by atoms with Gasteiger partial charge in [0.05, 0.1) is 15.6 Å². The first kappa shape index (κ1) is 16.5. The highest BCUT2D eigenvalue weighted by atomic mass is 32.1. The van der Waals surface area contributed by atoms with Crippen LogP contribution in [-0.4, -0.2) is 20.5 Å². The molecule has 0 aliphatic carbocycles. The fraction of sp³-hybridized carbons (Fsp3) is 0.278. The molecule has 0 unspecified atom stereocenters. The molecule has 3 N–H and O–H groups in total. The Kier molecular flexibility index (Phi) is 4.59. The molecule has 0 saturated carbocycles. The molecule has 0 aliphatic heterocycles. The van der Waals surface area contributed by atoms with Crippen molar-refractivity contribution < 1.29 is 0 Å². The first-order valence-corrected chi connectivity index (χ1v) is 8.61. The molecule has 3 heterocycles. The second kappa shape index (κ2) is 6.67. The van der Waals surface area contributed by atoms with E-state index < -0.39 is 0 Å². The van der Waals surface area contributed by atoms with E-state index in [1.807, 2.05) is 57.3 Å². The molecule has 3 rings (SSSR count). The van der Waals surface area contributed by atoms with E-state index in [0.29, 0.717) is 0 Å². The summed E-state index contributed by atoms with van der Waals surface area (Å²) in [6.45, 7) is 6.05. The maximum Gasteiger partial charge on any atom is 0.132 e. The fourth-order valence-corrected chi connectivity index (χ4v) is 3.40. The summed E-state index contributed by atoms with van der Waals surface area (Å²) in [6, 6.07) is 9.85. The highest BCUT2D eigenvalue weighted by Crippen LogP contribution is 2.27. The number of hydrogen-bond acceptors (Lipinski definition) is 6. The van der Waals surface area contributed by atoms with Crippen molar-refractivity contribution in [2.45, 2.75) is 32.7 Å². The Bertz CT molecular complexity index is 835. The topological polar surface area (TPSA) is 76.7 Å². The molecule has 24 heavy (non-hydrogen) atoms. The van der Waals surface area contributed by atoms with Gasteiger partial charge in [-0.2, -0.15) is 0 Å². The van der Waals surface area contributed by atoms with Gasteiger partial charge >= 0.3 is 0 Å². The Morgan fingerprint density at radius 1 is 1.17 bits per heavy atom. The largest absolute Gasteiger partial charge is 0.325 e. The van der Waals surface area contributed by atoms with Gasteiger partial charge in [0.15, 0.2) is 0 Å². The van der Waals surface area contributed by atoms with Crippen LogP contribution in [0.1, 0.15) is 24.4 Å². The molecule has 0 aromatic carbocycles. The van der Waals surface area contributed by atoms with Gasteiger partial charge in [-0.15, -0.1) is 11.3 Å². The van der Waals surface area contributed by atoms with E-state index in [1.165, 1.54) is 0 Å². The molecule has 0 bridgehead atoms. The van der Waals surface area contributed by atoms with Crippen molar-refractivity contribution in [1.82, 2.24) is 15.0 Å². The Morgan fingerprint density at radius 3 is 2.75 bits per heavy atom. The smallest absolute Gasteiger partial charge is 0.132 e. The van der Waals surface area contributed by atoms with E-state index in [1.54, 1.807) is 17.5 Å². The summed E-state index contributed by atoms with van der Waals surface area (Å²) in [5.41, 5.74) is 7.86. The van der Waals surface area contributed by atoms with Crippen LogP contribution in [0.4, 0.5) is 11.6 Å². The zero-order valence-corrected chi connectivity index (χ0v) is 14.9. The average Bonchev–Trinajstić information content (AvgIpc) is 2.94. The molecular weight excluding hydrogens is 318 g/mol. The number of nitrogens with one attached hydrogen (secondary N) is 1. The van der Waals surface area contributed by atoms with E-state index >= 15 is 0 Å². The first-order valence-electron chi connectivity index (χ1n) is 7.80. The van der Waals surface area contributed by atoms with Gasteiger partial charge in [-0.05, 0) is 50.6 Å². The number of pyridine rings is 2. The van der Waals surface area contributed by atoms with E-state index in [2.05, 4.69) is 20.3 Å². The summed E-state index contributed by atoms with van der Waals surface area (Å²) in [7, 11) is 0. The van der Waals surface area contributed by atoms with Crippen molar-refractivity contribution >= 4 is 23.0 Å². The van der Waals surface area contributed by atoms with E-state index in [0.717, 1.165) is 39.2 Å². The standard InChI is InChI=1S/C18H21N5S/c1-12-7-8-20-16(9-12)23-15-6-4-5-13(22-15)14-11-21-17(24-14)10-18(2,3)19/h4-9,11H,10,19H2,1-3H3,(H,20,22,23). The molecular formula is C18H21N5S. The van der Waals surface area contributed by atoms with Crippen LogP contribution in [0.3, 0.4) is 0 Å². The minimum absolute atomic E-state index is 0.261. The van der Waals surface area contributed by atoms with Crippen LogP contribution in [0.5, 0.6) is 0 Å². The zero-order chi connectivity index (χ0) is 17.2. The number of nitrogens with two attached hydrogens (primary N) is 1. The minimum atomic E-state index is -0.261. The average molecular weight is 339 g/mol. The van der Waals surface area contributed by atoms with Gasteiger partial charge in [-0.25, -0.2) is 15.0 Å². The normalized spacial score (nSPS) is 11.5. The highest BCUT2D eigenvalue weighted by Gasteiger charge is 2.15. The lowest BCUT2D eigenvalue weighted by molar-refractivity contribution is 0.515. The summed E-state index contributed by atoms with van der Waals surface area (Å²) in [5.74, 6) is 1.55. The Hall–Kier alpha value is -2.31. The van der Waals surface area contributed by atoms with Crippen LogP contribution in [0.15, 0.2) is 42.7 Å². The van der Waals surface area contributed by atoms with E-state index in [4.69, 9.17) is 5.73 Å². The maximum absolute atomic E-state index is 6.07. The number of rotatable bonds is 5. The lowest BCUT2D eigenvalue weighted by atomic mass is 10.0. The number of hydrogen-bond donors (Lipinski definition) is 2. The number of anilines is 2. The van der Waals surface area contributed by atoms with Gasteiger partial charge in [0, 0.05) is 24.4 Å². The third kappa shape index (κ3) is 4.37. The lowest BCUT2D eigenvalue weighted by Gasteiger charge is -2.15. The molecule has 0 saturated heterocycles. The maximum atomic E-state index is 6.07. The molecule has 0 fully saturated rings. The molecule has 124 valence electrons. The van der Waals surface area contributed by atoms with Crippen LogP contribution in [0, 0.1) is 6.92 Å². The molecule has 0 spiro atoms. The van der Waals surface area contributed by atoms with Crippen LogP contribution in [0.25, 0.3) is 10.6 Å². The third-order valence-electron chi connectivity index (χ3n) is 3.33. The minimum Gasteiger partial charge on any atom is -0.325 e. The predicted octanol–water partition coefficient (Wildman–Crippen LogP) is 3.93. The van der Waals surface area contributed by atoms with Crippen molar-refractivity contribution in [2.24, 2.45) is 5.73 Å². The molecule has 0 radical (unpaired) electrons. The summed E-state index contributed by atoms with van der Waals surface area (Å²) in [5, 5.41) is 4.27. The Labute approximate surface area is 146 Å². The number of thiazole rings is 1. The molecule has 3 aromatic rings. The Morgan fingerprint density at radius 2 is 2.00 bits per heavy atom. The fourth-order valence-electron chi connectivity index (χ4n) is 2.28. The van der Waals surface area contributed by atoms with E-state index in [9.17, 15) is 0 Å². The Balaban J connectivity index is 1.80. The quantitative estimate of drug-likeness (QED) is 0.736. The summed E-state index contributed by atoms with van der Waals surface area (Å²) >= 11 is 1.63. The molecule has 0 aliphatic rings. The van der Waals surface area contributed by atoms with Crippen molar-refractivity contribution in [3.8, 4) is 10.6 Å². The predicted molar refractivity (Wildman–Crippen MR) is 99.6 cm³/mol. The summed E-state index contributed by atoms with van der Waals surface area (Å²) in [6.07, 6.45) is 4.40. The number of aromatic nitrogens is 3. The SMILES string of the molecule is Cc1ccnc(Nc2cccc(-c3cnc(CC(C)(C)N)s3)n2)c1. The summed E-state index contributed by atoms with van der Waals surface area (Å²) in [4.78, 5) is 14.5. The molecule has 0 atom stereocenters. The molecule has 5 nitrogen and oxygen atoms in total. The molecule has 6 heteroatoms. The third-order valence-corrected chi connectivity index (χ3v) is 4.35. The van der Waals surface area contributed by atoms with Gasteiger partial charge in [0.1, 0.15) is 11.6 Å². The van der Waals surface area contributed by atoms with Crippen LogP contribution in [-0.2, 0) is 6.42 Å². The zero-order valence-electron chi connectivity index (χ0n) is 14.1. The second-order valence-electron chi connectivity index (χ2n) is 6.54. The highest BCUT2D eigenvalue weighted by molar-refractivity contribution is 7.15. The molecule has 0 amide bonds. The number of aryl methyl sites for hydroxylation is 1. The summed E-state index contributed by atoms with van der Waals surface area (Å²) < 4.78 is 0. The van der Waals surface area contributed by atoms with Gasteiger partial charge in [-0.3, -0.25) is 0 Å². The van der Waals surface area contributed by atoms with Gasteiger partial charge in [-0.1, -0.05) is 6.07 Å². The van der Waals surface area contributed by atoms with Gasteiger partial charge in [0.25, 0.3) is 0 Å². The molecule has 3 aromatic heterocycles. The van der Waals surface area contributed by atoms with E-state index in [-0.39, 0.29) is 5.54 Å². The lowest BCUT2D eigenvalue weighted by Crippen LogP contribution is -2.34. The van der Waals surface area contributed by atoms with Crippen LogP contribution in [0.2, 0.25) is 0 Å². The van der Waals surface area contributed by atoms with Gasteiger partial charge < -0.3 is 11.1 Å². The van der Waals surface area contributed by atoms with Crippen molar-refractivity contribution in [1.29, 1.82) is 0 Å². The number of nitrogens with zero attached hydrogens (tertiary/aromatic N) is 3. The van der Waals surface area contributed by atoms with Crippen molar-refractivity contribution in [3.63, 3.8) is 0 Å². The van der Waals surface area contributed by atoms with Gasteiger partial charge in [0.2, 0.25) is 0 Å². The van der Waals surface area contributed by atoms with Crippen molar-refractivity contribution in [3.05, 3.63) is 53.3 Å².